The lowest BCUT2D eigenvalue weighted by Crippen LogP contribution is -2.30. The first kappa shape index (κ1) is 17.7. The molecular formula is C14H12F3N3O3S. The fourth-order valence-corrected chi connectivity index (χ4v) is 2.59. The first-order valence-electron chi connectivity index (χ1n) is 6.49. The van der Waals surface area contributed by atoms with Gasteiger partial charge in [-0.05, 0) is 11.6 Å². The van der Waals surface area contributed by atoms with Gasteiger partial charge in [-0.15, -0.1) is 0 Å². The van der Waals surface area contributed by atoms with E-state index in [4.69, 9.17) is 0 Å². The molecule has 1 aromatic carbocycles. The molecule has 24 heavy (non-hydrogen) atoms. The van der Waals surface area contributed by atoms with Crippen LogP contribution in [0.1, 0.15) is 21.6 Å². The van der Waals surface area contributed by atoms with Gasteiger partial charge in [-0.2, -0.15) is 18.3 Å². The molecule has 2 aromatic rings. The number of nitrogens with zero attached hydrogens (tertiary/aromatic N) is 2. The molecule has 1 aromatic heterocycles. The van der Waals surface area contributed by atoms with Crippen molar-refractivity contribution in [3.63, 3.8) is 0 Å². The van der Waals surface area contributed by atoms with Crippen LogP contribution in [0.15, 0.2) is 41.9 Å². The van der Waals surface area contributed by atoms with Crippen molar-refractivity contribution in [2.45, 2.75) is 6.18 Å². The zero-order chi connectivity index (χ0) is 18.0. The highest BCUT2D eigenvalue weighted by Crippen LogP contribution is 2.30. The highest BCUT2D eigenvalue weighted by atomic mass is 32.2. The van der Waals surface area contributed by atoms with Crippen molar-refractivity contribution < 1.29 is 26.4 Å². The van der Waals surface area contributed by atoms with Gasteiger partial charge in [0.25, 0.3) is 15.9 Å². The molecule has 0 aliphatic heterocycles. The maximum absolute atomic E-state index is 12.8. The minimum atomic E-state index is -4.88. The lowest BCUT2D eigenvalue weighted by atomic mass is 10.2. The molecule has 0 bridgehead atoms. The molecule has 0 saturated carbocycles. The quantitative estimate of drug-likeness (QED) is 0.907. The molecule has 0 aliphatic carbocycles. The van der Waals surface area contributed by atoms with Crippen LogP contribution in [0.25, 0.3) is 6.08 Å². The fraction of sp³-hybridized carbons (Fsp3) is 0.143. The Balaban J connectivity index is 2.22. The Morgan fingerprint density at radius 2 is 1.88 bits per heavy atom. The normalized spacial score (nSPS) is 12.5. The number of sulfonamides is 1. The third-order valence-corrected chi connectivity index (χ3v) is 3.78. The molecule has 0 fully saturated rings. The van der Waals surface area contributed by atoms with Gasteiger partial charge in [0.2, 0.25) is 0 Å². The minimum Gasteiger partial charge on any atom is -0.274 e. The lowest BCUT2D eigenvalue weighted by molar-refractivity contribution is -0.141. The summed E-state index contributed by atoms with van der Waals surface area (Å²) >= 11 is 0. The SMILES string of the molecule is Cn1cc(C(=O)NS(=O)(=O)C=Cc2ccccc2)c(C(F)(F)F)n1. The van der Waals surface area contributed by atoms with E-state index in [1.54, 1.807) is 35.1 Å². The molecule has 0 radical (unpaired) electrons. The fourth-order valence-electron chi connectivity index (χ4n) is 1.81. The van der Waals surface area contributed by atoms with Crippen LogP contribution >= 0.6 is 0 Å². The predicted octanol–water partition coefficient (Wildman–Crippen LogP) is 2.17. The largest absolute Gasteiger partial charge is 0.435 e. The Kier molecular flexibility index (Phi) is 4.78. The Hall–Kier alpha value is -2.62. The van der Waals surface area contributed by atoms with E-state index >= 15 is 0 Å². The van der Waals surface area contributed by atoms with Crippen LogP contribution in [0.3, 0.4) is 0 Å². The molecule has 1 amide bonds. The highest BCUT2D eigenvalue weighted by Gasteiger charge is 2.39. The van der Waals surface area contributed by atoms with Gasteiger partial charge in [-0.25, -0.2) is 13.1 Å². The van der Waals surface area contributed by atoms with Gasteiger partial charge in [0.1, 0.15) is 0 Å². The maximum atomic E-state index is 12.8. The van der Waals surface area contributed by atoms with E-state index in [9.17, 15) is 26.4 Å². The number of nitrogens with one attached hydrogen (secondary N) is 1. The number of hydrogen-bond donors (Lipinski definition) is 1. The van der Waals surface area contributed by atoms with E-state index in [-0.39, 0.29) is 0 Å². The first-order valence-corrected chi connectivity index (χ1v) is 8.04. The summed E-state index contributed by atoms with van der Waals surface area (Å²) in [4.78, 5) is 11.9. The van der Waals surface area contributed by atoms with E-state index in [2.05, 4.69) is 5.10 Å². The number of halogens is 3. The number of carbonyl (C=O) groups is 1. The molecule has 0 aliphatic rings. The summed E-state index contributed by atoms with van der Waals surface area (Å²) in [6, 6.07) is 8.33. The van der Waals surface area contributed by atoms with Crippen LogP contribution in [0.2, 0.25) is 0 Å². The summed E-state index contributed by atoms with van der Waals surface area (Å²) in [7, 11) is -3.07. The van der Waals surface area contributed by atoms with Crippen LogP contribution in [0.5, 0.6) is 0 Å². The summed E-state index contributed by atoms with van der Waals surface area (Å²) in [6.45, 7) is 0. The van der Waals surface area contributed by atoms with Crippen molar-refractivity contribution in [1.82, 2.24) is 14.5 Å². The summed E-state index contributed by atoms with van der Waals surface area (Å²) in [5.41, 5.74) is -1.78. The molecule has 10 heteroatoms. The molecule has 1 N–H and O–H groups in total. The maximum Gasteiger partial charge on any atom is 0.435 e. The lowest BCUT2D eigenvalue weighted by Gasteiger charge is -2.06. The minimum absolute atomic E-state index is 0.549. The monoisotopic (exact) mass is 359 g/mol. The van der Waals surface area contributed by atoms with Gasteiger partial charge in [0.15, 0.2) is 5.69 Å². The molecule has 1 heterocycles. The number of alkyl halides is 3. The molecule has 128 valence electrons. The van der Waals surface area contributed by atoms with E-state index in [0.29, 0.717) is 11.0 Å². The number of hydrogen-bond acceptors (Lipinski definition) is 4. The third-order valence-electron chi connectivity index (χ3n) is 2.82. The number of benzene rings is 1. The van der Waals surface area contributed by atoms with Crippen molar-refractivity contribution in [3.05, 3.63) is 58.8 Å². The smallest absolute Gasteiger partial charge is 0.274 e. The zero-order valence-electron chi connectivity index (χ0n) is 12.3. The van der Waals surface area contributed by atoms with Crippen LogP contribution in [-0.2, 0) is 23.2 Å². The van der Waals surface area contributed by atoms with Crippen LogP contribution in [-0.4, -0.2) is 24.1 Å². The molecule has 0 unspecified atom stereocenters. The Labute approximate surface area is 135 Å². The van der Waals surface area contributed by atoms with Crippen LogP contribution in [0, 0.1) is 0 Å². The summed E-state index contributed by atoms with van der Waals surface area (Å²) in [5.74, 6) is -1.41. The van der Waals surface area contributed by atoms with Crippen molar-refractivity contribution >= 4 is 22.0 Å². The number of carbonyl (C=O) groups excluding carboxylic acids is 1. The Morgan fingerprint density at radius 3 is 2.46 bits per heavy atom. The second-order valence-corrected chi connectivity index (χ2v) is 6.32. The van der Waals surface area contributed by atoms with E-state index in [1.807, 2.05) is 0 Å². The van der Waals surface area contributed by atoms with Crippen LogP contribution in [0.4, 0.5) is 13.2 Å². The molecule has 6 nitrogen and oxygen atoms in total. The van der Waals surface area contributed by atoms with Gasteiger partial charge in [-0.1, -0.05) is 30.3 Å². The second-order valence-electron chi connectivity index (χ2n) is 4.75. The molecule has 2 rings (SSSR count). The summed E-state index contributed by atoms with van der Waals surface area (Å²) < 4.78 is 64.4. The van der Waals surface area contributed by atoms with Crippen molar-refractivity contribution in [3.8, 4) is 0 Å². The topological polar surface area (TPSA) is 81.1 Å². The molecule has 0 spiro atoms. The van der Waals surface area contributed by atoms with Gasteiger partial charge in [-0.3, -0.25) is 9.48 Å². The average molecular weight is 359 g/mol. The highest BCUT2D eigenvalue weighted by molar-refractivity contribution is 7.93. The van der Waals surface area contributed by atoms with E-state index in [0.717, 1.165) is 10.9 Å². The number of amides is 1. The van der Waals surface area contributed by atoms with Crippen molar-refractivity contribution in [2.75, 3.05) is 0 Å². The second kappa shape index (κ2) is 6.48. The van der Waals surface area contributed by atoms with Crippen LogP contribution < -0.4 is 4.72 Å². The van der Waals surface area contributed by atoms with Gasteiger partial charge in [0, 0.05) is 13.2 Å². The van der Waals surface area contributed by atoms with Gasteiger partial charge >= 0.3 is 6.18 Å². The Morgan fingerprint density at radius 1 is 1.25 bits per heavy atom. The van der Waals surface area contributed by atoms with E-state index < -0.39 is 33.4 Å². The first-order chi connectivity index (χ1) is 11.1. The average Bonchev–Trinajstić information content (AvgIpc) is 2.88. The number of rotatable bonds is 4. The summed E-state index contributed by atoms with van der Waals surface area (Å²) in [6.07, 6.45) is -2.87. The predicted molar refractivity (Wildman–Crippen MR) is 80.1 cm³/mol. The van der Waals surface area contributed by atoms with Crippen molar-refractivity contribution in [2.24, 2.45) is 7.05 Å². The number of aromatic nitrogens is 2. The number of aryl methyl sites for hydroxylation is 1. The van der Waals surface area contributed by atoms with Crippen molar-refractivity contribution in [1.29, 1.82) is 0 Å². The van der Waals surface area contributed by atoms with E-state index in [1.165, 1.54) is 13.1 Å². The standard InChI is InChI=1S/C14H12F3N3O3S/c1-20-9-11(12(18-20)14(15,16)17)13(21)19-24(22,23)8-7-10-5-3-2-4-6-10/h2-9H,1H3,(H,19,21). The Bertz CT molecular complexity index is 872. The molecular weight excluding hydrogens is 347 g/mol. The molecule has 0 atom stereocenters. The molecule has 0 saturated heterocycles. The zero-order valence-corrected chi connectivity index (χ0v) is 13.1. The third kappa shape index (κ3) is 4.44. The van der Waals surface area contributed by atoms with Gasteiger partial charge in [0.05, 0.1) is 11.0 Å². The summed E-state index contributed by atoms with van der Waals surface area (Å²) in [5, 5.41) is 3.84. The van der Waals surface area contributed by atoms with Gasteiger partial charge < -0.3 is 0 Å².